The number of rotatable bonds is 0. The zero-order chi connectivity index (χ0) is 13.5. The minimum atomic E-state index is 0.0600. The van der Waals surface area contributed by atoms with E-state index in [0.717, 1.165) is 12.1 Å². The molecule has 3 nitrogen and oxygen atoms in total. The van der Waals surface area contributed by atoms with E-state index in [2.05, 4.69) is 23.2 Å². The van der Waals surface area contributed by atoms with Gasteiger partial charge in [-0.2, -0.15) is 0 Å². The highest BCUT2D eigenvalue weighted by Gasteiger charge is 2.31. The molecular formula is C17H14N2O. The smallest absolute Gasteiger partial charge is 0.256 e. The first-order chi connectivity index (χ1) is 9.83. The molecule has 3 heteroatoms. The number of aliphatic imine (C=N–C) groups is 1. The molecule has 0 saturated heterocycles. The van der Waals surface area contributed by atoms with Crippen molar-refractivity contribution in [1.82, 2.24) is 4.90 Å². The van der Waals surface area contributed by atoms with Gasteiger partial charge in [-0.3, -0.25) is 9.79 Å². The van der Waals surface area contributed by atoms with Crippen molar-refractivity contribution >= 4 is 17.8 Å². The molecule has 0 aliphatic carbocycles. The third-order valence-electron chi connectivity index (χ3n) is 4.07. The Labute approximate surface area is 117 Å². The first kappa shape index (κ1) is 11.4. The Morgan fingerprint density at radius 1 is 1.00 bits per heavy atom. The predicted molar refractivity (Wildman–Crippen MR) is 78.4 cm³/mol. The minimum absolute atomic E-state index is 0.0600. The van der Waals surface area contributed by atoms with Gasteiger partial charge in [0.05, 0.1) is 17.3 Å². The van der Waals surface area contributed by atoms with Crippen molar-refractivity contribution in [2.24, 2.45) is 4.99 Å². The molecule has 0 radical (unpaired) electrons. The molecule has 0 saturated carbocycles. The van der Waals surface area contributed by atoms with Gasteiger partial charge in [-0.15, -0.1) is 0 Å². The van der Waals surface area contributed by atoms with E-state index in [1.54, 1.807) is 0 Å². The maximum atomic E-state index is 12.7. The van der Waals surface area contributed by atoms with Crippen LogP contribution in [0.3, 0.4) is 0 Å². The summed E-state index contributed by atoms with van der Waals surface area (Å²) in [6.45, 7) is 0.667. The third kappa shape index (κ3) is 1.67. The number of hydrogen-bond acceptors (Lipinski definition) is 2. The quantitative estimate of drug-likeness (QED) is 0.718. The lowest BCUT2D eigenvalue weighted by Gasteiger charge is -2.34. The van der Waals surface area contributed by atoms with Gasteiger partial charge in [0.15, 0.2) is 0 Å². The molecule has 2 aromatic carbocycles. The lowest BCUT2D eigenvalue weighted by molar-refractivity contribution is 0.0703. The summed E-state index contributed by atoms with van der Waals surface area (Å²) in [7, 11) is 0. The van der Waals surface area contributed by atoms with Crippen LogP contribution < -0.4 is 0 Å². The van der Waals surface area contributed by atoms with Crippen LogP contribution in [0.15, 0.2) is 53.5 Å². The highest BCUT2D eigenvalue weighted by atomic mass is 16.2. The summed E-state index contributed by atoms with van der Waals surface area (Å²) in [6.07, 6.45) is 2.76. The van der Waals surface area contributed by atoms with E-state index in [9.17, 15) is 4.79 Å². The van der Waals surface area contributed by atoms with Crippen LogP contribution in [0.25, 0.3) is 0 Å². The molecule has 2 aliphatic rings. The van der Waals surface area contributed by atoms with Crippen molar-refractivity contribution < 1.29 is 4.79 Å². The van der Waals surface area contributed by atoms with Gasteiger partial charge in [-0.1, -0.05) is 36.4 Å². The summed E-state index contributed by atoms with van der Waals surface area (Å²) in [5.41, 5.74) is 4.03. The summed E-state index contributed by atoms with van der Waals surface area (Å²) in [5, 5.41) is 0. The Morgan fingerprint density at radius 2 is 1.75 bits per heavy atom. The SMILES string of the molecule is O=C1c2ccccc2N=C[C@@H]2Cc3ccccc3CN12. The fourth-order valence-electron chi connectivity index (χ4n) is 2.99. The molecule has 2 aromatic rings. The lowest BCUT2D eigenvalue weighted by atomic mass is 9.94. The first-order valence-electron chi connectivity index (χ1n) is 6.84. The van der Waals surface area contributed by atoms with E-state index in [-0.39, 0.29) is 11.9 Å². The van der Waals surface area contributed by atoms with Crippen molar-refractivity contribution in [2.45, 2.75) is 19.0 Å². The molecule has 0 unspecified atom stereocenters. The molecule has 0 fully saturated rings. The van der Waals surface area contributed by atoms with Gasteiger partial charge < -0.3 is 4.90 Å². The predicted octanol–water partition coefficient (Wildman–Crippen LogP) is 2.97. The monoisotopic (exact) mass is 262 g/mol. The van der Waals surface area contributed by atoms with E-state index in [1.807, 2.05) is 41.4 Å². The minimum Gasteiger partial charge on any atom is -0.326 e. The van der Waals surface area contributed by atoms with Gasteiger partial charge in [0.1, 0.15) is 0 Å². The van der Waals surface area contributed by atoms with Crippen molar-refractivity contribution in [1.29, 1.82) is 0 Å². The van der Waals surface area contributed by atoms with Gasteiger partial charge >= 0.3 is 0 Å². The average molecular weight is 262 g/mol. The Balaban J connectivity index is 1.81. The third-order valence-corrected chi connectivity index (χ3v) is 4.07. The van der Waals surface area contributed by atoms with Crippen LogP contribution in [-0.2, 0) is 13.0 Å². The Morgan fingerprint density at radius 3 is 2.65 bits per heavy atom. The van der Waals surface area contributed by atoms with Gasteiger partial charge in [0, 0.05) is 12.8 Å². The molecule has 0 aromatic heterocycles. The number of carbonyl (C=O) groups excluding carboxylic acids is 1. The van der Waals surface area contributed by atoms with Crippen molar-refractivity contribution in [3.63, 3.8) is 0 Å². The van der Waals surface area contributed by atoms with Gasteiger partial charge in [0.25, 0.3) is 5.91 Å². The fourth-order valence-corrected chi connectivity index (χ4v) is 2.99. The first-order valence-corrected chi connectivity index (χ1v) is 6.84. The van der Waals surface area contributed by atoms with Crippen LogP contribution >= 0.6 is 0 Å². The van der Waals surface area contributed by atoms with E-state index in [4.69, 9.17) is 0 Å². The van der Waals surface area contributed by atoms with E-state index in [0.29, 0.717) is 12.1 Å². The Bertz CT molecular complexity index is 720. The molecule has 0 bridgehead atoms. The second kappa shape index (κ2) is 4.30. The molecule has 20 heavy (non-hydrogen) atoms. The number of fused-ring (bicyclic) bond motifs is 3. The molecule has 2 heterocycles. The average Bonchev–Trinajstić information content (AvgIpc) is 2.64. The second-order valence-electron chi connectivity index (χ2n) is 5.27. The van der Waals surface area contributed by atoms with Gasteiger partial charge in [-0.05, 0) is 29.7 Å². The van der Waals surface area contributed by atoms with Crippen LogP contribution in [0.2, 0.25) is 0 Å². The molecular weight excluding hydrogens is 248 g/mol. The van der Waals surface area contributed by atoms with E-state index in [1.165, 1.54) is 11.1 Å². The van der Waals surface area contributed by atoms with Gasteiger partial charge in [0.2, 0.25) is 0 Å². The zero-order valence-corrected chi connectivity index (χ0v) is 11.0. The Kier molecular flexibility index (Phi) is 2.46. The zero-order valence-electron chi connectivity index (χ0n) is 11.0. The normalized spacial score (nSPS) is 19.9. The molecule has 0 spiro atoms. The molecule has 4 rings (SSSR count). The number of nitrogens with zero attached hydrogens (tertiary/aromatic N) is 2. The highest BCUT2D eigenvalue weighted by Crippen LogP contribution is 2.29. The number of carbonyl (C=O) groups is 1. The van der Waals surface area contributed by atoms with Crippen LogP contribution in [0.4, 0.5) is 5.69 Å². The summed E-state index contributed by atoms with van der Waals surface area (Å²) in [6, 6.07) is 16.0. The summed E-state index contributed by atoms with van der Waals surface area (Å²) < 4.78 is 0. The number of benzene rings is 2. The van der Waals surface area contributed by atoms with Crippen molar-refractivity contribution in [3.05, 3.63) is 65.2 Å². The number of amides is 1. The van der Waals surface area contributed by atoms with Gasteiger partial charge in [-0.25, -0.2) is 0 Å². The number of hydrogen-bond donors (Lipinski definition) is 0. The molecule has 1 amide bonds. The topological polar surface area (TPSA) is 32.7 Å². The molecule has 0 N–H and O–H groups in total. The largest absolute Gasteiger partial charge is 0.326 e. The maximum Gasteiger partial charge on any atom is 0.256 e. The van der Waals surface area contributed by atoms with E-state index >= 15 is 0 Å². The summed E-state index contributed by atoms with van der Waals surface area (Å²) in [4.78, 5) is 19.2. The van der Waals surface area contributed by atoms with Crippen molar-refractivity contribution in [2.75, 3.05) is 0 Å². The lowest BCUT2D eigenvalue weighted by Crippen LogP contribution is -2.44. The maximum absolute atomic E-state index is 12.7. The molecule has 1 atom stereocenters. The van der Waals surface area contributed by atoms with Crippen LogP contribution in [0.5, 0.6) is 0 Å². The molecule has 2 aliphatic heterocycles. The van der Waals surface area contributed by atoms with Crippen LogP contribution in [-0.4, -0.2) is 23.1 Å². The van der Waals surface area contributed by atoms with Crippen LogP contribution in [0, 0.1) is 0 Å². The van der Waals surface area contributed by atoms with E-state index < -0.39 is 0 Å². The summed E-state index contributed by atoms with van der Waals surface area (Å²) in [5.74, 6) is 0.0811. The van der Waals surface area contributed by atoms with Crippen LogP contribution in [0.1, 0.15) is 21.5 Å². The standard InChI is InChI=1S/C17H14N2O/c20-17-15-7-3-4-8-16(15)18-10-14-9-12-5-1-2-6-13(12)11-19(14)17/h1-8,10,14H,9,11H2/t14-/m0/s1. The number of para-hydroxylation sites is 1. The highest BCUT2D eigenvalue weighted by molar-refractivity contribution is 6.02. The summed E-state index contributed by atoms with van der Waals surface area (Å²) >= 11 is 0. The Hall–Kier alpha value is -2.42. The fraction of sp³-hybridized carbons (Fsp3) is 0.176. The molecule has 98 valence electrons. The second-order valence-corrected chi connectivity index (χ2v) is 5.27. The van der Waals surface area contributed by atoms with Crippen molar-refractivity contribution in [3.8, 4) is 0 Å².